The molecule has 1 N–H and O–H groups in total. The molecule has 1 atom stereocenters. The minimum Gasteiger partial charge on any atom is -0.392 e. The van der Waals surface area contributed by atoms with Crippen molar-refractivity contribution in [1.82, 2.24) is 25.1 Å². The number of likely N-dealkylation sites (N-methyl/N-ethyl adjacent to an activating group) is 1. The number of aliphatic hydroxyl groups is 1. The lowest BCUT2D eigenvalue weighted by atomic mass is 10.1. The van der Waals surface area contributed by atoms with Gasteiger partial charge in [-0.1, -0.05) is 18.2 Å². The molecule has 1 unspecified atom stereocenters. The highest BCUT2D eigenvalue weighted by atomic mass is 16.3. The first-order chi connectivity index (χ1) is 10.6. The number of para-hydroxylation sites is 1. The first-order valence-electron chi connectivity index (χ1n) is 7.76. The third-order valence-electron chi connectivity index (χ3n) is 4.26. The van der Waals surface area contributed by atoms with Crippen LogP contribution >= 0.6 is 0 Å². The lowest BCUT2D eigenvalue weighted by Crippen LogP contribution is -2.31. The number of nitrogens with zero attached hydrogens (tertiary/aromatic N) is 5. The van der Waals surface area contributed by atoms with Gasteiger partial charge in [0.05, 0.1) is 18.3 Å². The van der Waals surface area contributed by atoms with E-state index < -0.39 is 0 Å². The standard InChI is InChI=1S/C16H23N5O/c1-11-5-4-6-12(2)16(11)21-15(17-18-19-21)10-20(3)9-14(22)13-7-8-13/h4-6,13-14,22H,7-10H2,1-3H3. The van der Waals surface area contributed by atoms with Crippen molar-refractivity contribution >= 4 is 0 Å². The third-order valence-corrected chi connectivity index (χ3v) is 4.26. The van der Waals surface area contributed by atoms with Crippen molar-refractivity contribution in [2.45, 2.75) is 39.3 Å². The van der Waals surface area contributed by atoms with Crippen molar-refractivity contribution in [3.8, 4) is 5.69 Å². The van der Waals surface area contributed by atoms with Gasteiger partial charge in [0.25, 0.3) is 0 Å². The van der Waals surface area contributed by atoms with Crippen LogP contribution in [0.15, 0.2) is 18.2 Å². The molecule has 1 aromatic carbocycles. The number of aromatic nitrogens is 4. The van der Waals surface area contributed by atoms with E-state index in [0.717, 1.165) is 35.5 Å². The Kier molecular flexibility index (Phi) is 4.22. The first-order valence-corrected chi connectivity index (χ1v) is 7.76. The zero-order valence-corrected chi connectivity index (χ0v) is 13.4. The average Bonchev–Trinajstić information content (AvgIpc) is 3.22. The van der Waals surface area contributed by atoms with Gasteiger partial charge in [-0.05, 0) is 61.2 Å². The summed E-state index contributed by atoms with van der Waals surface area (Å²) in [5, 5.41) is 22.2. The zero-order chi connectivity index (χ0) is 15.7. The number of hydrogen-bond acceptors (Lipinski definition) is 5. The maximum Gasteiger partial charge on any atom is 0.170 e. The minimum absolute atomic E-state index is 0.241. The molecule has 1 saturated carbocycles. The van der Waals surface area contributed by atoms with Crippen LogP contribution in [0.5, 0.6) is 0 Å². The molecule has 1 aromatic heterocycles. The highest BCUT2D eigenvalue weighted by Crippen LogP contribution is 2.32. The summed E-state index contributed by atoms with van der Waals surface area (Å²) >= 11 is 0. The fourth-order valence-electron chi connectivity index (χ4n) is 2.87. The van der Waals surface area contributed by atoms with Crippen LogP contribution in [0.3, 0.4) is 0 Å². The summed E-state index contributed by atoms with van der Waals surface area (Å²) in [4.78, 5) is 2.08. The number of rotatable bonds is 6. The zero-order valence-electron chi connectivity index (χ0n) is 13.4. The maximum atomic E-state index is 10.1. The Morgan fingerprint density at radius 1 is 1.32 bits per heavy atom. The average molecular weight is 301 g/mol. The van der Waals surface area contributed by atoms with Gasteiger partial charge in [-0.15, -0.1) is 5.10 Å². The minimum atomic E-state index is -0.241. The maximum absolute atomic E-state index is 10.1. The SMILES string of the molecule is Cc1cccc(C)c1-n1nnnc1CN(C)CC(O)C1CC1. The molecule has 0 aliphatic heterocycles. The van der Waals surface area contributed by atoms with Gasteiger partial charge in [0.1, 0.15) is 0 Å². The lowest BCUT2D eigenvalue weighted by molar-refractivity contribution is 0.103. The number of benzene rings is 1. The second kappa shape index (κ2) is 6.14. The van der Waals surface area contributed by atoms with E-state index in [9.17, 15) is 5.11 Å². The summed E-state index contributed by atoms with van der Waals surface area (Å²) in [5.74, 6) is 1.28. The summed E-state index contributed by atoms with van der Waals surface area (Å²) in [5.41, 5.74) is 3.34. The summed E-state index contributed by atoms with van der Waals surface area (Å²) in [6.45, 7) is 5.40. The Morgan fingerprint density at radius 3 is 2.64 bits per heavy atom. The molecule has 6 nitrogen and oxygen atoms in total. The first kappa shape index (κ1) is 15.1. The van der Waals surface area contributed by atoms with Gasteiger partial charge in [-0.2, -0.15) is 4.68 Å². The third kappa shape index (κ3) is 3.18. The molecule has 118 valence electrons. The van der Waals surface area contributed by atoms with Crippen LogP contribution in [0.2, 0.25) is 0 Å². The molecule has 0 amide bonds. The van der Waals surface area contributed by atoms with Crippen molar-refractivity contribution in [1.29, 1.82) is 0 Å². The molecule has 0 spiro atoms. The fraction of sp³-hybridized carbons (Fsp3) is 0.562. The van der Waals surface area contributed by atoms with Gasteiger partial charge in [0, 0.05) is 6.54 Å². The van der Waals surface area contributed by atoms with Gasteiger partial charge >= 0.3 is 0 Å². The second-order valence-corrected chi connectivity index (χ2v) is 6.35. The molecule has 1 fully saturated rings. The predicted molar refractivity (Wildman–Crippen MR) is 83.7 cm³/mol. The van der Waals surface area contributed by atoms with Crippen LogP contribution in [0.1, 0.15) is 29.8 Å². The van der Waals surface area contributed by atoms with E-state index >= 15 is 0 Å². The fourth-order valence-corrected chi connectivity index (χ4v) is 2.87. The molecule has 1 aliphatic carbocycles. The molecule has 6 heteroatoms. The van der Waals surface area contributed by atoms with E-state index in [1.54, 1.807) is 0 Å². The molecule has 0 saturated heterocycles. The van der Waals surface area contributed by atoms with E-state index in [4.69, 9.17) is 0 Å². The Morgan fingerprint density at radius 2 is 2.00 bits per heavy atom. The predicted octanol–water partition coefficient (Wildman–Crippen LogP) is 1.48. The molecular weight excluding hydrogens is 278 g/mol. The van der Waals surface area contributed by atoms with E-state index in [2.05, 4.69) is 46.4 Å². The highest BCUT2D eigenvalue weighted by Gasteiger charge is 2.30. The highest BCUT2D eigenvalue weighted by molar-refractivity contribution is 5.46. The van der Waals surface area contributed by atoms with E-state index in [0.29, 0.717) is 19.0 Å². The van der Waals surface area contributed by atoms with Crippen molar-refractivity contribution in [3.05, 3.63) is 35.2 Å². The molecule has 3 rings (SSSR count). The Bertz CT molecular complexity index is 629. The summed E-state index contributed by atoms with van der Waals surface area (Å²) in [6, 6.07) is 6.17. The summed E-state index contributed by atoms with van der Waals surface area (Å²) < 4.78 is 1.81. The molecule has 1 heterocycles. The van der Waals surface area contributed by atoms with E-state index in [-0.39, 0.29) is 6.10 Å². The van der Waals surface area contributed by atoms with Crippen molar-refractivity contribution in [3.63, 3.8) is 0 Å². The van der Waals surface area contributed by atoms with Gasteiger partial charge < -0.3 is 5.11 Å². The number of hydrogen-bond donors (Lipinski definition) is 1. The number of aliphatic hydroxyl groups excluding tert-OH is 1. The largest absolute Gasteiger partial charge is 0.392 e. The molecule has 0 bridgehead atoms. The molecular formula is C16H23N5O. The molecule has 1 aliphatic rings. The topological polar surface area (TPSA) is 67.1 Å². The second-order valence-electron chi connectivity index (χ2n) is 6.35. The summed E-state index contributed by atoms with van der Waals surface area (Å²) in [6.07, 6.45) is 2.05. The lowest BCUT2D eigenvalue weighted by Gasteiger charge is -2.20. The Labute approximate surface area is 130 Å². The van der Waals surface area contributed by atoms with Crippen LogP contribution in [-0.2, 0) is 6.54 Å². The number of tetrazole rings is 1. The van der Waals surface area contributed by atoms with Crippen LogP contribution in [0.25, 0.3) is 5.69 Å². The van der Waals surface area contributed by atoms with Crippen LogP contribution in [0, 0.1) is 19.8 Å². The van der Waals surface area contributed by atoms with Crippen LogP contribution in [-0.4, -0.2) is 49.9 Å². The summed E-state index contributed by atoms with van der Waals surface area (Å²) in [7, 11) is 2.00. The van der Waals surface area contributed by atoms with Gasteiger partial charge in [-0.3, -0.25) is 4.90 Å². The van der Waals surface area contributed by atoms with E-state index in [1.165, 1.54) is 0 Å². The number of aryl methyl sites for hydroxylation is 2. The van der Waals surface area contributed by atoms with Gasteiger partial charge in [0.2, 0.25) is 0 Å². The van der Waals surface area contributed by atoms with Gasteiger partial charge in [0.15, 0.2) is 5.82 Å². The van der Waals surface area contributed by atoms with E-state index in [1.807, 2.05) is 17.8 Å². The molecule has 2 aromatic rings. The quantitative estimate of drug-likeness (QED) is 0.875. The Balaban J connectivity index is 1.77. The molecule has 22 heavy (non-hydrogen) atoms. The normalized spacial score (nSPS) is 16.2. The van der Waals surface area contributed by atoms with Crippen LogP contribution < -0.4 is 0 Å². The molecule has 0 radical (unpaired) electrons. The monoisotopic (exact) mass is 301 g/mol. The van der Waals surface area contributed by atoms with Crippen molar-refractivity contribution in [2.75, 3.05) is 13.6 Å². The smallest absolute Gasteiger partial charge is 0.170 e. The van der Waals surface area contributed by atoms with Gasteiger partial charge in [-0.25, -0.2) is 0 Å². The van der Waals surface area contributed by atoms with Crippen molar-refractivity contribution < 1.29 is 5.11 Å². The Hall–Kier alpha value is -1.79. The van der Waals surface area contributed by atoms with Crippen molar-refractivity contribution in [2.24, 2.45) is 5.92 Å². The van der Waals surface area contributed by atoms with Crippen LogP contribution in [0.4, 0.5) is 0 Å².